The van der Waals surface area contributed by atoms with E-state index in [1.54, 1.807) is 0 Å². The number of amides is 1. The lowest BCUT2D eigenvalue weighted by atomic mass is 10.0. The second-order valence-corrected chi connectivity index (χ2v) is 5.38. The highest BCUT2D eigenvalue weighted by molar-refractivity contribution is 9.09. The largest absolute Gasteiger partial charge is 0.338 e. The molecular formula is C15H22BrNO. The topological polar surface area (TPSA) is 20.3 Å². The predicted molar refractivity (Wildman–Crippen MR) is 80.5 cm³/mol. The summed E-state index contributed by atoms with van der Waals surface area (Å²) in [6.45, 7) is 7.83. The van der Waals surface area contributed by atoms with Gasteiger partial charge in [0.1, 0.15) is 0 Å². The third-order valence-corrected chi connectivity index (χ3v) is 3.61. The molecule has 0 aliphatic rings. The van der Waals surface area contributed by atoms with Gasteiger partial charge in [-0.1, -0.05) is 41.4 Å². The highest BCUT2D eigenvalue weighted by atomic mass is 79.9. The molecule has 1 amide bonds. The number of nitrogens with zero attached hydrogens (tertiary/aromatic N) is 1. The Morgan fingerprint density at radius 3 is 2.61 bits per heavy atom. The zero-order chi connectivity index (χ0) is 13.5. The second-order valence-electron chi connectivity index (χ2n) is 4.58. The van der Waals surface area contributed by atoms with E-state index in [9.17, 15) is 4.79 Å². The van der Waals surface area contributed by atoms with Crippen molar-refractivity contribution in [3.05, 3.63) is 34.9 Å². The first-order valence-electron chi connectivity index (χ1n) is 6.53. The number of rotatable bonds is 6. The third kappa shape index (κ3) is 3.84. The zero-order valence-corrected chi connectivity index (χ0v) is 13.1. The van der Waals surface area contributed by atoms with Crippen molar-refractivity contribution in [3.8, 4) is 0 Å². The van der Waals surface area contributed by atoms with E-state index in [0.717, 1.165) is 42.4 Å². The van der Waals surface area contributed by atoms with Gasteiger partial charge in [0.25, 0.3) is 5.91 Å². The minimum absolute atomic E-state index is 0.157. The van der Waals surface area contributed by atoms with Crippen molar-refractivity contribution in [2.45, 2.75) is 33.6 Å². The molecule has 0 spiro atoms. The lowest BCUT2D eigenvalue weighted by Crippen LogP contribution is -2.34. The van der Waals surface area contributed by atoms with E-state index in [2.05, 4.69) is 22.9 Å². The summed E-state index contributed by atoms with van der Waals surface area (Å²) in [4.78, 5) is 14.5. The van der Waals surface area contributed by atoms with Crippen LogP contribution in [0.2, 0.25) is 0 Å². The normalized spacial score (nSPS) is 10.4. The number of alkyl halides is 1. The summed E-state index contributed by atoms with van der Waals surface area (Å²) in [5.41, 5.74) is 3.11. The molecule has 0 N–H and O–H groups in total. The Balaban J connectivity index is 2.90. The van der Waals surface area contributed by atoms with Crippen LogP contribution in [0.5, 0.6) is 0 Å². The van der Waals surface area contributed by atoms with Gasteiger partial charge in [0.2, 0.25) is 0 Å². The van der Waals surface area contributed by atoms with Crippen LogP contribution in [-0.4, -0.2) is 29.2 Å². The summed E-state index contributed by atoms with van der Waals surface area (Å²) in [6.07, 6.45) is 2.17. The number of aryl methyl sites for hydroxylation is 1. The predicted octanol–water partition coefficient (Wildman–Crippen LogP) is 3.94. The Morgan fingerprint density at radius 1 is 1.28 bits per heavy atom. The van der Waals surface area contributed by atoms with Gasteiger partial charge in [-0.05, 0) is 37.5 Å². The smallest absolute Gasteiger partial charge is 0.254 e. The van der Waals surface area contributed by atoms with E-state index >= 15 is 0 Å². The van der Waals surface area contributed by atoms with Crippen molar-refractivity contribution in [2.24, 2.45) is 0 Å². The van der Waals surface area contributed by atoms with Crippen LogP contribution >= 0.6 is 15.9 Å². The van der Waals surface area contributed by atoms with Crippen molar-refractivity contribution in [1.29, 1.82) is 0 Å². The van der Waals surface area contributed by atoms with Crippen molar-refractivity contribution < 1.29 is 4.79 Å². The van der Waals surface area contributed by atoms with Crippen LogP contribution in [0.4, 0.5) is 0 Å². The average Bonchev–Trinajstić information content (AvgIpc) is 2.37. The van der Waals surface area contributed by atoms with Gasteiger partial charge in [-0.15, -0.1) is 0 Å². The zero-order valence-electron chi connectivity index (χ0n) is 11.5. The molecule has 0 radical (unpaired) electrons. The first-order valence-corrected chi connectivity index (χ1v) is 7.65. The van der Waals surface area contributed by atoms with Crippen LogP contribution in [0.25, 0.3) is 0 Å². The van der Waals surface area contributed by atoms with Crippen LogP contribution in [0.1, 0.15) is 41.3 Å². The number of carbonyl (C=O) groups is 1. The van der Waals surface area contributed by atoms with E-state index in [4.69, 9.17) is 0 Å². The molecule has 1 rings (SSSR count). The summed E-state index contributed by atoms with van der Waals surface area (Å²) >= 11 is 3.42. The SMILES string of the molecule is CCCCN(CCBr)C(=O)c1cccc(C)c1C. The molecule has 2 nitrogen and oxygen atoms in total. The van der Waals surface area contributed by atoms with Gasteiger partial charge in [0.15, 0.2) is 0 Å². The maximum Gasteiger partial charge on any atom is 0.254 e. The maximum atomic E-state index is 12.5. The summed E-state index contributed by atoms with van der Waals surface area (Å²) in [6, 6.07) is 5.94. The van der Waals surface area contributed by atoms with Gasteiger partial charge in [-0.25, -0.2) is 0 Å². The Hall–Kier alpha value is -0.830. The van der Waals surface area contributed by atoms with E-state index in [1.165, 1.54) is 5.56 Å². The van der Waals surface area contributed by atoms with E-state index in [0.29, 0.717) is 0 Å². The van der Waals surface area contributed by atoms with Crippen LogP contribution in [0.3, 0.4) is 0 Å². The first-order chi connectivity index (χ1) is 8.61. The molecule has 0 heterocycles. The number of unbranched alkanes of at least 4 members (excludes halogenated alkanes) is 1. The summed E-state index contributed by atoms with van der Waals surface area (Å²) in [7, 11) is 0. The third-order valence-electron chi connectivity index (χ3n) is 3.26. The molecule has 0 bridgehead atoms. The van der Waals surface area contributed by atoms with Gasteiger partial charge in [-0.2, -0.15) is 0 Å². The summed E-state index contributed by atoms with van der Waals surface area (Å²) < 4.78 is 0. The molecule has 1 aromatic rings. The maximum absolute atomic E-state index is 12.5. The van der Waals surface area contributed by atoms with Crippen LogP contribution in [0.15, 0.2) is 18.2 Å². The lowest BCUT2D eigenvalue weighted by Gasteiger charge is -2.23. The minimum atomic E-state index is 0.157. The molecule has 100 valence electrons. The minimum Gasteiger partial charge on any atom is -0.338 e. The molecule has 0 unspecified atom stereocenters. The molecular weight excluding hydrogens is 290 g/mol. The summed E-state index contributed by atoms with van der Waals surface area (Å²) in [5.74, 6) is 0.157. The molecule has 0 aliphatic carbocycles. The van der Waals surface area contributed by atoms with Crippen molar-refractivity contribution in [3.63, 3.8) is 0 Å². The highest BCUT2D eigenvalue weighted by Gasteiger charge is 2.17. The van der Waals surface area contributed by atoms with Crippen molar-refractivity contribution in [1.82, 2.24) is 4.90 Å². The van der Waals surface area contributed by atoms with Crippen molar-refractivity contribution >= 4 is 21.8 Å². The molecule has 0 aliphatic heterocycles. The first kappa shape index (κ1) is 15.2. The number of benzene rings is 1. The Morgan fingerprint density at radius 2 is 2.00 bits per heavy atom. The molecule has 0 saturated carbocycles. The Bertz CT molecular complexity index is 403. The fourth-order valence-corrected chi connectivity index (χ4v) is 2.35. The monoisotopic (exact) mass is 311 g/mol. The number of hydrogen-bond acceptors (Lipinski definition) is 1. The van der Waals surface area contributed by atoms with Gasteiger partial charge in [0, 0.05) is 24.0 Å². The summed E-state index contributed by atoms with van der Waals surface area (Å²) in [5, 5.41) is 0.827. The van der Waals surface area contributed by atoms with E-state index in [-0.39, 0.29) is 5.91 Å². The van der Waals surface area contributed by atoms with Gasteiger partial charge >= 0.3 is 0 Å². The molecule has 0 aromatic heterocycles. The standard InChI is InChI=1S/C15H22BrNO/c1-4-5-10-17(11-9-16)15(18)14-8-6-7-12(2)13(14)3/h6-8H,4-5,9-11H2,1-3H3. The Kier molecular flexibility index (Phi) is 6.41. The second kappa shape index (κ2) is 7.57. The van der Waals surface area contributed by atoms with Gasteiger partial charge < -0.3 is 4.90 Å². The van der Waals surface area contributed by atoms with Gasteiger partial charge in [0.05, 0.1) is 0 Å². The molecule has 1 aromatic carbocycles. The number of carbonyl (C=O) groups excluding carboxylic acids is 1. The fourth-order valence-electron chi connectivity index (χ4n) is 1.92. The average molecular weight is 312 g/mol. The Labute approximate surface area is 119 Å². The van der Waals surface area contributed by atoms with Crippen LogP contribution in [0, 0.1) is 13.8 Å². The highest BCUT2D eigenvalue weighted by Crippen LogP contribution is 2.15. The number of hydrogen-bond donors (Lipinski definition) is 0. The van der Waals surface area contributed by atoms with E-state index in [1.807, 2.05) is 36.9 Å². The quantitative estimate of drug-likeness (QED) is 0.729. The van der Waals surface area contributed by atoms with Crippen LogP contribution in [-0.2, 0) is 0 Å². The number of halogens is 1. The van der Waals surface area contributed by atoms with Crippen molar-refractivity contribution in [2.75, 3.05) is 18.4 Å². The van der Waals surface area contributed by atoms with Gasteiger partial charge in [-0.3, -0.25) is 4.79 Å². The van der Waals surface area contributed by atoms with E-state index < -0.39 is 0 Å². The fraction of sp³-hybridized carbons (Fsp3) is 0.533. The molecule has 18 heavy (non-hydrogen) atoms. The molecule has 0 atom stereocenters. The molecule has 3 heteroatoms. The lowest BCUT2D eigenvalue weighted by molar-refractivity contribution is 0.0763. The molecule has 0 fully saturated rings. The molecule has 0 saturated heterocycles. The van der Waals surface area contributed by atoms with Crippen LogP contribution < -0.4 is 0 Å².